The molecule has 1 amide bonds. The molecule has 28 heavy (non-hydrogen) atoms. The van der Waals surface area contributed by atoms with Crippen molar-refractivity contribution in [3.8, 4) is 0 Å². The van der Waals surface area contributed by atoms with E-state index in [2.05, 4.69) is 0 Å². The number of fused-ring (bicyclic) bond motifs is 1. The van der Waals surface area contributed by atoms with Gasteiger partial charge in [0.25, 0.3) is 5.91 Å². The van der Waals surface area contributed by atoms with Gasteiger partial charge in [0.1, 0.15) is 0 Å². The number of carbonyl (C=O) groups is 2. The summed E-state index contributed by atoms with van der Waals surface area (Å²) in [6.07, 6.45) is -0.349. The van der Waals surface area contributed by atoms with E-state index in [1.165, 1.54) is 4.90 Å². The van der Waals surface area contributed by atoms with Crippen LogP contribution in [0.4, 0.5) is 5.69 Å². The molecule has 142 valence electrons. The van der Waals surface area contributed by atoms with Gasteiger partial charge < -0.3 is 10.0 Å². The zero-order valence-corrected chi connectivity index (χ0v) is 16.9. The SMILES string of the molecule is O=C(C[C@]1(O)C(=O)N(Cc2ccccc2Cl)c2ccccc21)c1ccc(Cl)s1. The van der Waals surface area contributed by atoms with Crippen LogP contribution in [0, 0.1) is 0 Å². The van der Waals surface area contributed by atoms with E-state index in [0.717, 1.165) is 16.9 Å². The van der Waals surface area contributed by atoms with E-state index >= 15 is 0 Å². The first-order chi connectivity index (χ1) is 13.4. The third kappa shape index (κ3) is 3.25. The molecule has 0 saturated heterocycles. The summed E-state index contributed by atoms with van der Waals surface area (Å²) in [6.45, 7) is 0.205. The average molecular weight is 432 g/mol. The normalized spacial score (nSPS) is 18.4. The van der Waals surface area contributed by atoms with Gasteiger partial charge in [0.05, 0.1) is 27.9 Å². The Kier molecular flexibility index (Phi) is 5.02. The van der Waals surface area contributed by atoms with Gasteiger partial charge >= 0.3 is 0 Å². The van der Waals surface area contributed by atoms with Gasteiger partial charge in [-0.05, 0) is 29.8 Å². The molecule has 1 atom stereocenters. The zero-order valence-electron chi connectivity index (χ0n) is 14.6. The number of thiophene rings is 1. The second kappa shape index (κ2) is 7.33. The summed E-state index contributed by atoms with van der Waals surface area (Å²) in [7, 11) is 0. The molecule has 7 heteroatoms. The Labute approximate surface area is 175 Å². The van der Waals surface area contributed by atoms with Crippen molar-refractivity contribution in [1.82, 2.24) is 0 Å². The Bertz CT molecular complexity index is 1080. The minimum Gasteiger partial charge on any atom is -0.375 e. The third-order valence-corrected chi connectivity index (χ3v) is 6.43. The van der Waals surface area contributed by atoms with Crippen LogP contribution in [0.25, 0.3) is 0 Å². The van der Waals surface area contributed by atoms with Gasteiger partial charge in [-0.3, -0.25) is 9.59 Å². The molecule has 1 aliphatic heterocycles. The zero-order chi connectivity index (χ0) is 19.9. The van der Waals surface area contributed by atoms with Crippen molar-refractivity contribution in [2.45, 2.75) is 18.6 Å². The summed E-state index contributed by atoms with van der Waals surface area (Å²) in [6, 6.07) is 17.4. The number of carbonyl (C=O) groups excluding carboxylic acids is 2. The van der Waals surface area contributed by atoms with Crippen molar-refractivity contribution in [2.75, 3.05) is 4.90 Å². The fourth-order valence-corrected chi connectivity index (χ4v) is 4.59. The summed E-state index contributed by atoms with van der Waals surface area (Å²) in [5, 5.41) is 11.8. The van der Waals surface area contributed by atoms with Crippen LogP contribution in [0.2, 0.25) is 9.36 Å². The molecule has 1 N–H and O–H groups in total. The number of Topliss-reactive ketones (excluding diaryl/α,β-unsaturated/α-hetero) is 1. The molecule has 0 fully saturated rings. The first-order valence-electron chi connectivity index (χ1n) is 8.56. The molecular weight excluding hydrogens is 417 g/mol. The highest BCUT2D eigenvalue weighted by Gasteiger charge is 2.50. The quantitative estimate of drug-likeness (QED) is 0.574. The molecule has 3 aromatic rings. The predicted octanol–water partition coefficient (Wildman–Crippen LogP) is 5.06. The van der Waals surface area contributed by atoms with Crippen molar-refractivity contribution in [1.29, 1.82) is 0 Å². The van der Waals surface area contributed by atoms with Gasteiger partial charge in [-0.1, -0.05) is 59.6 Å². The molecule has 0 saturated carbocycles. The number of hydrogen-bond donors (Lipinski definition) is 1. The Morgan fingerprint density at radius 3 is 2.46 bits per heavy atom. The van der Waals surface area contributed by atoms with Crippen molar-refractivity contribution < 1.29 is 14.7 Å². The van der Waals surface area contributed by atoms with Crippen LogP contribution in [-0.4, -0.2) is 16.8 Å². The molecule has 0 aliphatic carbocycles. The van der Waals surface area contributed by atoms with Gasteiger partial charge in [0.2, 0.25) is 0 Å². The number of halogens is 2. The van der Waals surface area contributed by atoms with E-state index in [0.29, 0.717) is 25.5 Å². The fourth-order valence-electron chi connectivity index (χ4n) is 3.42. The molecular formula is C21H15Cl2NO3S. The van der Waals surface area contributed by atoms with Crippen LogP contribution in [-0.2, 0) is 16.9 Å². The first kappa shape index (κ1) is 19.2. The van der Waals surface area contributed by atoms with Gasteiger partial charge in [-0.25, -0.2) is 0 Å². The van der Waals surface area contributed by atoms with Crippen molar-refractivity contribution in [3.05, 3.63) is 86.0 Å². The van der Waals surface area contributed by atoms with E-state index in [-0.39, 0.29) is 18.7 Å². The molecule has 4 nitrogen and oxygen atoms in total. The van der Waals surface area contributed by atoms with E-state index in [1.807, 2.05) is 18.2 Å². The number of benzene rings is 2. The molecule has 2 aromatic carbocycles. The van der Waals surface area contributed by atoms with E-state index in [4.69, 9.17) is 23.2 Å². The van der Waals surface area contributed by atoms with E-state index < -0.39 is 11.5 Å². The topological polar surface area (TPSA) is 57.6 Å². The van der Waals surface area contributed by atoms with Crippen LogP contribution in [0.1, 0.15) is 27.2 Å². The lowest BCUT2D eigenvalue weighted by molar-refractivity contribution is -0.136. The second-order valence-electron chi connectivity index (χ2n) is 6.56. The first-order valence-corrected chi connectivity index (χ1v) is 10.1. The number of rotatable bonds is 5. The van der Waals surface area contributed by atoms with Gasteiger partial charge in [-0.15, -0.1) is 11.3 Å². The number of aliphatic hydroxyl groups is 1. The molecule has 4 rings (SSSR count). The summed E-state index contributed by atoms with van der Waals surface area (Å²) in [4.78, 5) is 27.8. The molecule has 0 unspecified atom stereocenters. The molecule has 0 spiro atoms. The maximum absolute atomic E-state index is 13.2. The van der Waals surface area contributed by atoms with Crippen molar-refractivity contribution >= 4 is 51.9 Å². The lowest BCUT2D eigenvalue weighted by Crippen LogP contribution is -2.41. The number of amides is 1. The van der Waals surface area contributed by atoms with Crippen LogP contribution in [0.3, 0.4) is 0 Å². The number of ketones is 1. The lowest BCUT2D eigenvalue weighted by Gasteiger charge is -2.23. The van der Waals surface area contributed by atoms with Crippen LogP contribution >= 0.6 is 34.5 Å². The van der Waals surface area contributed by atoms with Crippen molar-refractivity contribution in [2.24, 2.45) is 0 Å². The molecule has 1 aliphatic rings. The Balaban J connectivity index is 1.70. The lowest BCUT2D eigenvalue weighted by atomic mass is 9.89. The Morgan fingerprint density at radius 1 is 1.04 bits per heavy atom. The number of para-hydroxylation sites is 1. The maximum Gasteiger partial charge on any atom is 0.264 e. The molecule has 1 aromatic heterocycles. The summed E-state index contributed by atoms with van der Waals surface area (Å²) >= 11 is 13.3. The largest absolute Gasteiger partial charge is 0.375 e. The average Bonchev–Trinajstić information content (AvgIpc) is 3.20. The smallest absolute Gasteiger partial charge is 0.264 e. The molecule has 0 radical (unpaired) electrons. The van der Waals surface area contributed by atoms with Gasteiger partial charge in [-0.2, -0.15) is 0 Å². The third-order valence-electron chi connectivity index (χ3n) is 4.79. The fraction of sp³-hybridized carbons (Fsp3) is 0.143. The Hall–Kier alpha value is -2.18. The highest BCUT2D eigenvalue weighted by molar-refractivity contribution is 7.18. The van der Waals surface area contributed by atoms with Crippen molar-refractivity contribution in [3.63, 3.8) is 0 Å². The number of hydrogen-bond acceptors (Lipinski definition) is 4. The van der Waals surface area contributed by atoms with E-state index in [9.17, 15) is 14.7 Å². The maximum atomic E-state index is 13.2. The summed E-state index contributed by atoms with van der Waals surface area (Å²) in [5.41, 5.74) is -0.172. The molecule has 2 heterocycles. The second-order valence-corrected chi connectivity index (χ2v) is 8.69. The standard InChI is InChI=1S/C21H15Cl2NO3S/c22-15-7-3-1-5-13(15)12-24-16-8-4-2-6-14(16)21(27,20(24)26)11-17(25)18-9-10-19(23)28-18/h1-10,27H,11-12H2/t21-/m1/s1. The predicted molar refractivity (Wildman–Crippen MR) is 111 cm³/mol. The van der Waals surface area contributed by atoms with Crippen LogP contribution < -0.4 is 4.90 Å². The Morgan fingerprint density at radius 2 is 1.75 bits per heavy atom. The van der Waals surface area contributed by atoms with Crippen LogP contribution in [0.15, 0.2) is 60.7 Å². The minimum atomic E-state index is -1.93. The van der Waals surface area contributed by atoms with Gasteiger partial charge in [0.15, 0.2) is 11.4 Å². The number of anilines is 1. The summed E-state index contributed by atoms with van der Waals surface area (Å²) < 4.78 is 0.480. The highest BCUT2D eigenvalue weighted by atomic mass is 35.5. The number of nitrogens with zero attached hydrogens (tertiary/aromatic N) is 1. The van der Waals surface area contributed by atoms with Gasteiger partial charge in [0, 0.05) is 10.6 Å². The van der Waals surface area contributed by atoms with Crippen LogP contribution in [0.5, 0.6) is 0 Å². The van der Waals surface area contributed by atoms with E-state index in [1.54, 1.807) is 42.5 Å². The highest BCUT2D eigenvalue weighted by Crippen LogP contribution is 2.44. The summed E-state index contributed by atoms with van der Waals surface area (Å²) in [5.74, 6) is -0.869. The minimum absolute atomic E-state index is 0.205. The monoisotopic (exact) mass is 431 g/mol. The molecule has 0 bridgehead atoms.